The van der Waals surface area contributed by atoms with Gasteiger partial charge in [-0.25, -0.2) is 0 Å². The minimum absolute atomic E-state index is 0.0208. The molecule has 0 aromatic heterocycles. The van der Waals surface area contributed by atoms with E-state index in [0.29, 0.717) is 30.2 Å². The highest BCUT2D eigenvalue weighted by molar-refractivity contribution is 9.10. The van der Waals surface area contributed by atoms with Gasteiger partial charge in [-0.1, -0.05) is 28.1 Å². The molecular weight excluding hydrogens is 374 g/mol. The highest BCUT2D eigenvalue weighted by Crippen LogP contribution is 2.42. The molecule has 124 valence electrons. The van der Waals surface area contributed by atoms with Gasteiger partial charge in [-0.15, -0.1) is 0 Å². The van der Waals surface area contributed by atoms with Crippen LogP contribution in [-0.2, 0) is 19.1 Å². The molecule has 0 saturated carbocycles. The average Bonchev–Trinajstić information content (AvgIpc) is 2.56. The first-order valence-electron chi connectivity index (χ1n) is 7.84. The zero-order chi connectivity index (χ0) is 16.8. The lowest BCUT2D eigenvalue weighted by Crippen LogP contribution is -2.45. The van der Waals surface area contributed by atoms with Crippen molar-refractivity contribution < 1.29 is 19.1 Å². The van der Waals surface area contributed by atoms with Crippen molar-refractivity contribution in [2.45, 2.75) is 12.8 Å². The molecule has 3 heterocycles. The topological polar surface area (TPSA) is 65.0 Å². The number of aliphatic imine (C=N–C) groups is 1. The van der Waals surface area contributed by atoms with Crippen molar-refractivity contribution in [2.24, 2.45) is 10.9 Å². The fraction of sp³-hybridized carbons (Fsp3) is 0.389. The van der Waals surface area contributed by atoms with Gasteiger partial charge < -0.3 is 9.47 Å². The van der Waals surface area contributed by atoms with Gasteiger partial charge in [0.25, 0.3) is 0 Å². The summed E-state index contributed by atoms with van der Waals surface area (Å²) in [6.07, 6.45) is 0. The molecule has 4 rings (SSSR count). The monoisotopic (exact) mass is 389 g/mol. The van der Waals surface area contributed by atoms with Gasteiger partial charge >= 0.3 is 0 Å². The van der Waals surface area contributed by atoms with Crippen LogP contribution in [0.5, 0.6) is 0 Å². The second-order valence-corrected chi connectivity index (χ2v) is 7.16. The number of carbonyl (C=O) groups is 2. The van der Waals surface area contributed by atoms with Gasteiger partial charge in [0.05, 0.1) is 30.5 Å². The molecule has 0 amide bonds. The fourth-order valence-corrected chi connectivity index (χ4v) is 4.00. The van der Waals surface area contributed by atoms with Crippen LogP contribution in [-0.4, -0.2) is 43.7 Å². The van der Waals surface area contributed by atoms with E-state index in [0.717, 1.165) is 15.6 Å². The van der Waals surface area contributed by atoms with E-state index in [4.69, 9.17) is 9.47 Å². The number of ketones is 2. The fourth-order valence-electron chi connectivity index (χ4n) is 3.61. The van der Waals surface area contributed by atoms with Gasteiger partial charge in [0.15, 0.2) is 11.6 Å². The Hall–Kier alpha value is -1.63. The molecule has 2 unspecified atom stereocenters. The summed E-state index contributed by atoms with van der Waals surface area (Å²) in [5.74, 6) is -0.834. The molecule has 2 atom stereocenters. The van der Waals surface area contributed by atoms with Crippen LogP contribution in [0, 0.1) is 12.8 Å². The predicted molar refractivity (Wildman–Crippen MR) is 91.2 cm³/mol. The maximum Gasteiger partial charge on any atom is 0.187 e. The zero-order valence-corrected chi connectivity index (χ0v) is 14.8. The third-order valence-electron chi connectivity index (χ3n) is 4.76. The lowest BCUT2D eigenvalue weighted by Gasteiger charge is -2.37. The highest BCUT2D eigenvalue weighted by Gasteiger charge is 2.45. The molecule has 24 heavy (non-hydrogen) atoms. The van der Waals surface area contributed by atoms with E-state index in [1.54, 1.807) is 0 Å². The van der Waals surface area contributed by atoms with Crippen molar-refractivity contribution in [3.8, 4) is 0 Å². The molecule has 1 aromatic carbocycles. The number of rotatable bonds is 1. The van der Waals surface area contributed by atoms with Crippen LogP contribution in [0.2, 0.25) is 0 Å². The largest absolute Gasteiger partial charge is 0.368 e. The molecule has 0 aliphatic carbocycles. The molecule has 0 bridgehead atoms. The number of fused-ring (bicyclic) bond motifs is 1. The molecule has 1 aromatic rings. The molecule has 0 N–H and O–H groups in total. The third kappa shape index (κ3) is 2.49. The van der Waals surface area contributed by atoms with Gasteiger partial charge in [-0.2, -0.15) is 0 Å². The summed E-state index contributed by atoms with van der Waals surface area (Å²) in [7, 11) is 0. The van der Waals surface area contributed by atoms with Gasteiger partial charge in [0.2, 0.25) is 0 Å². The number of carbonyl (C=O) groups excluding carboxylic acids is 2. The maximum atomic E-state index is 12.6. The van der Waals surface area contributed by atoms with Crippen LogP contribution >= 0.6 is 15.9 Å². The van der Waals surface area contributed by atoms with E-state index in [-0.39, 0.29) is 30.7 Å². The van der Waals surface area contributed by atoms with Crippen LogP contribution in [0.25, 0.3) is 0 Å². The Morgan fingerprint density at radius 3 is 2.67 bits per heavy atom. The number of hydrogen-bond acceptors (Lipinski definition) is 5. The van der Waals surface area contributed by atoms with Crippen molar-refractivity contribution in [3.05, 3.63) is 45.1 Å². The van der Waals surface area contributed by atoms with E-state index < -0.39 is 5.92 Å². The van der Waals surface area contributed by atoms with E-state index in [9.17, 15) is 9.59 Å². The quantitative estimate of drug-likeness (QED) is 0.739. The summed E-state index contributed by atoms with van der Waals surface area (Å²) in [5, 5.41) is 0. The SMILES string of the molecule is Cc1ccc(C2C3=C(COCC3=O)N=C3COCC(=O)C32)cc1Br. The first kappa shape index (κ1) is 15.9. The molecule has 0 spiro atoms. The first-order valence-corrected chi connectivity index (χ1v) is 8.63. The smallest absolute Gasteiger partial charge is 0.187 e. The second-order valence-electron chi connectivity index (χ2n) is 6.30. The Morgan fingerprint density at radius 1 is 1.08 bits per heavy atom. The van der Waals surface area contributed by atoms with Gasteiger partial charge in [-0.3, -0.25) is 14.6 Å². The minimum atomic E-state index is -0.422. The van der Waals surface area contributed by atoms with E-state index in [1.165, 1.54) is 0 Å². The van der Waals surface area contributed by atoms with Crippen LogP contribution in [0.3, 0.4) is 0 Å². The zero-order valence-electron chi connectivity index (χ0n) is 13.2. The Kier molecular flexibility index (Phi) is 3.98. The van der Waals surface area contributed by atoms with Gasteiger partial charge in [0, 0.05) is 16.0 Å². The summed E-state index contributed by atoms with van der Waals surface area (Å²) >= 11 is 3.55. The number of benzene rings is 1. The van der Waals surface area contributed by atoms with Crippen molar-refractivity contribution in [1.82, 2.24) is 0 Å². The summed E-state index contributed by atoms with van der Waals surface area (Å²) in [6, 6.07) is 5.99. The molecule has 1 fully saturated rings. The lowest BCUT2D eigenvalue weighted by molar-refractivity contribution is -0.127. The molecule has 3 aliphatic rings. The summed E-state index contributed by atoms with van der Waals surface area (Å²) in [5.41, 5.74) is 4.01. The van der Waals surface area contributed by atoms with E-state index >= 15 is 0 Å². The average molecular weight is 390 g/mol. The van der Waals surface area contributed by atoms with Crippen LogP contribution in [0.1, 0.15) is 17.0 Å². The number of nitrogens with zero attached hydrogens (tertiary/aromatic N) is 1. The van der Waals surface area contributed by atoms with Crippen molar-refractivity contribution in [1.29, 1.82) is 0 Å². The van der Waals surface area contributed by atoms with Crippen LogP contribution in [0.15, 0.2) is 38.9 Å². The van der Waals surface area contributed by atoms with Gasteiger partial charge in [0.1, 0.15) is 13.2 Å². The van der Waals surface area contributed by atoms with Crippen LogP contribution in [0.4, 0.5) is 0 Å². The third-order valence-corrected chi connectivity index (χ3v) is 5.62. The maximum absolute atomic E-state index is 12.6. The van der Waals surface area contributed by atoms with Crippen molar-refractivity contribution >= 4 is 33.2 Å². The molecule has 1 saturated heterocycles. The number of hydrogen-bond donors (Lipinski definition) is 0. The van der Waals surface area contributed by atoms with E-state index in [2.05, 4.69) is 20.9 Å². The minimum Gasteiger partial charge on any atom is -0.368 e. The number of Topliss-reactive ketones (excluding diaryl/α,β-unsaturated/α-hetero) is 2. The molecule has 0 radical (unpaired) electrons. The molecule has 6 heteroatoms. The Morgan fingerprint density at radius 2 is 1.88 bits per heavy atom. The molecular formula is C18H16BrNO4. The summed E-state index contributed by atoms with van der Waals surface area (Å²) in [6.45, 7) is 2.75. The highest BCUT2D eigenvalue weighted by atomic mass is 79.9. The van der Waals surface area contributed by atoms with Crippen molar-refractivity contribution in [3.63, 3.8) is 0 Å². The standard InChI is InChI=1S/C18H16BrNO4/c1-9-2-3-10(4-11(9)19)16-17-12(5-23-7-14(17)21)20-13-6-24-8-15(22)18(13)16/h2-4,16-17H,5-8H2,1H3. The first-order chi connectivity index (χ1) is 11.6. The van der Waals surface area contributed by atoms with E-state index in [1.807, 2.05) is 25.1 Å². The normalized spacial score (nSPS) is 26.8. The predicted octanol–water partition coefficient (Wildman–Crippen LogP) is 2.36. The van der Waals surface area contributed by atoms with Crippen molar-refractivity contribution in [2.75, 3.05) is 26.4 Å². The number of ether oxygens (including phenoxy) is 2. The number of aryl methyl sites for hydroxylation is 1. The lowest BCUT2D eigenvalue weighted by atomic mass is 9.71. The Labute approximate surface area is 147 Å². The molecule has 5 nitrogen and oxygen atoms in total. The summed E-state index contributed by atoms with van der Waals surface area (Å²) < 4.78 is 11.6. The molecule has 3 aliphatic heterocycles. The van der Waals surface area contributed by atoms with Crippen LogP contribution < -0.4 is 0 Å². The Bertz CT molecular complexity index is 811. The second kappa shape index (κ2) is 6.02. The van der Waals surface area contributed by atoms with Gasteiger partial charge in [-0.05, 0) is 24.1 Å². The Balaban J connectivity index is 1.91. The number of halogens is 1. The summed E-state index contributed by atoms with van der Waals surface area (Å²) in [4.78, 5) is 29.6.